The van der Waals surface area contributed by atoms with E-state index in [1.165, 1.54) is 14.1 Å². The molecule has 0 aromatic carbocycles. The Morgan fingerprint density at radius 2 is 1.89 bits per heavy atom. The van der Waals surface area contributed by atoms with Gasteiger partial charge in [-0.2, -0.15) is 0 Å². The van der Waals surface area contributed by atoms with E-state index in [1.54, 1.807) is 6.92 Å². The van der Waals surface area contributed by atoms with Crippen molar-refractivity contribution in [3.05, 3.63) is 26.9 Å². The first-order chi connectivity index (χ1) is 8.86. The first-order valence-electron chi connectivity index (χ1n) is 5.59. The molecule has 0 bridgehead atoms. The van der Waals surface area contributed by atoms with Crippen molar-refractivity contribution in [3.63, 3.8) is 0 Å². The molecular weight excluding hydrogens is 254 g/mol. The van der Waals surface area contributed by atoms with Gasteiger partial charge in [0.05, 0.1) is 0 Å². The van der Waals surface area contributed by atoms with Gasteiger partial charge in [0.2, 0.25) is 0 Å². The van der Waals surface area contributed by atoms with Crippen LogP contribution in [-0.2, 0) is 28.4 Å². The largest absolute Gasteiger partial charge is 0.456 e. The lowest BCUT2D eigenvalue weighted by Crippen LogP contribution is -2.38. The molecule has 1 amide bonds. The number of hydrogen-bond acceptors (Lipinski definition) is 5. The summed E-state index contributed by atoms with van der Waals surface area (Å²) < 4.78 is 6.65. The van der Waals surface area contributed by atoms with Crippen LogP contribution < -0.4 is 16.6 Å². The molecule has 0 aliphatic carbocycles. The molecule has 104 valence electrons. The van der Waals surface area contributed by atoms with Gasteiger partial charge in [-0.05, 0) is 0 Å². The number of carbonyl (C=O) groups is 2. The predicted octanol–water partition coefficient (Wildman–Crippen LogP) is -1.02. The van der Waals surface area contributed by atoms with Crippen LogP contribution in [0.4, 0.5) is 5.82 Å². The quantitative estimate of drug-likeness (QED) is 0.705. The number of amides is 1. The lowest BCUT2D eigenvalue weighted by atomic mass is 10.5. The van der Waals surface area contributed by atoms with Gasteiger partial charge in [0.15, 0.2) is 6.61 Å². The lowest BCUT2D eigenvalue weighted by molar-refractivity contribution is -0.146. The highest BCUT2D eigenvalue weighted by Gasteiger charge is 2.10. The highest BCUT2D eigenvalue weighted by atomic mass is 16.5. The van der Waals surface area contributed by atoms with Gasteiger partial charge in [-0.3, -0.25) is 23.5 Å². The minimum Gasteiger partial charge on any atom is -0.456 e. The van der Waals surface area contributed by atoms with Crippen molar-refractivity contribution < 1.29 is 14.3 Å². The number of hydrogen-bond donors (Lipinski definition) is 1. The average Bonchev–Trinajstić information content (AvgIpc) is 2.39. The summed E-state index contributed by atoms with van der Waals surface area (Å²) in [6, 6.07) is 1.11. The molecule has 1 aromatic heterocycles. The SMILES string of the molecule is CCC(=O)OCC(=O)Nc1cc(=O)n(C)c(=O)n1C. The Balaban J connectivity index is 2.84. The van der Waals surface area contributed by atoms with E-state index >= 15 is 0 Å². The summed E-state index contributed by atoms with van der Waals surface area (Å²) in [4.78, 5) is 45.4. The highest BCUT2D eigenvalue weighted by molar-refractivity contribution is 5.91. The molecule has 1 heterocycles. The second-order valence-electron chi connectivity index (χ2n) is 3.83. The zero-order valence-electron chi connectivity index (χ0n) is 10.9. The minimum absolute atomic E-state index is 0.0469. The molecule has 0 saturated heterocycles. The third kappa shape index (κ3) is 3.54. The van der Waals surface area contributed by atoms with E-state index in [4.69, 9.17) is 0 Å². The van der Waals surface area contributed by atoms with Gasteiger partial charge < -0.3 is 10.1 Å². The minimum atomic E-state index is -0.620. The van der Waals surface area contributed by atoms with E-state index in [0.717, 1.165) is 15.2 Å². The maximum Gasteiger partial charge on any atom is 0.332 e. The molecule has 0 fully saturated rings. The third-order valence-corrected chi connectivity index (χ3v) is 2.45. The third-order valence-electron chi connectivity index (χ3n) is 2.45. The van der Waals surface area contributed by atoms with Crippen molar-refractivity contribution in [3.8, 4) is 0 Å². The summed E-state index contributed by atoms with van der Waals surface area (Å²) in [5, 5.41) is 2.33. The summed E-state index contributed by atoms with van der Waals surface area (Å²) in [7, 11) is 2.74. The summed E-state index contributed by atoms with van der Waals surface area (Å²) in [5.41, 5.74) is -1.10. The monoisotopic (exact) mass is 269 g/mol. The standard InChI is InChI=1S/C11H15N3O5/c1-4-10(17)19-6-8(15)12-7-5-9(16)14(3)11(18)13(7)2/h5H,4,6H2,1-3H3,(H,12,15). The maximum atomic E-state index is 11.6. The van der Waals surface area contributed by atoms with Gasteiger partial charge in [-0.25, -0.2) is 4.79 Å². The van der Waals surface area contributed by atoms with E-state index in [9.17, 15) is 19.2 Å². The van der Waals surface area contributed by atoms with Gasteiger partial charge in [0.25, 0.3) is 11.5 Å². The number of rotatable bonds is 4. The Kier molecular flexibility index (Phi) is 4.62. The van der Waals surface area contributed by atoms with Gasteiger partial charge in [-0.1, -0.05) is 6.92 Å². The summed E-state index contributed by atoms with van der Waals surface area (Å²) in [6.07, 6.45) is 0.164. The van der Waals surface area contributed by atoms with Crippen LogP contribution in [-0.4, -0.2) is 27.6 Å². The summed E-state index contributed by atoms with van der Waals surface area (Å²) in [5.74, 6) is -1.08. The van der Waals surface area contributed by atoms with Crippen LogP contribution in [0.5, 0.6) is 0 Å². The van der Waals surface area contributed by atoms with Crippen LogP contribution in [0, 0.1) is 0 Å². The van der Waals surface area contributed by atoms with E-state index in [1.807, 2.05) is 0 Å². The molecule has 8 nitrogen and oxygen atoms in total. The van der Waals surface area contributed by atoms with Crippen molar-refractivity contribution in [2.24, 2.45) is 14.1 Å². The molecule has 0 saturated carbocycles. The highest BCUT2D eigenvalue weighted by Crippen LogP contribution is 1.98. The molecule has 1 N–H and O–H groups in total. The van der Waals surface area contributed by atoms with Crippen LogP contribution in [0.15, 0.2) is 15.7 Å². The normalized spacial score (nSPS) is 10.1. The van der Waals surface area contributed by atoms with Gasteiger partial charge in [0.1, 0.15) is 5.82 Å². The Morgan fingerprint density at radius 3 is 2.47 bits per heavy atom. The van der Waals surface area contributed by atoms with Gasteiger partial charge >= 0.3 is 11.7 Å². The topological polar surface area (TPSA) is 99.4 Å². The molecule has 8 heteroatoms. The number of carbonyl (C=O) groups excluding carboxylic acids is 2. The van der Waals surface area contributed by atoms with E-state index < -0.39 is 29.7 Å². The molecule has 0 unspecified atom stereocenters. The molecule has 1 aromatic rings. The Labute approximate surface area is 108 Å². The second-order valence-corrected chi connectivity index (χ2v) is 3.83. The zero-order chi connectivity index (χ0) is 14.6. The fourth-order valence-electron chi connectivity index (χ4n) is 1.28. The number of esters is 1. The second kappa shape index (κ2) is 5.98. The summed E-state index contributed by atoms with van der Waals surface area (Å²) in [6.45, 7) is 1.14. The molecule has 0 spiro atoms. The van der Waals surface area contributed by atoms with Crippen molar-refractivity contribution in [1.29, 1.82) is 0 Å². The molecule has 0 aliphatic heterocycles. The number of aromatic nitrogens is 2. The Hall–Kier alpha value is -2.38. The number of anilines is 1. The van der Waals surface area contributed by atoms with Crippen LogP contribution in [0.3, 0.4) is 0 Å². The fraction of sp³-hybridized carbons (Fsp3) is 0.455. The molecule has 0 aliphatic rings. The van der Waals surface area contributed by atoms with Crippen LogP contribution in [0.1, 0.15) is 13.3 Å². The van der Waals surface area contributed by atoms with Gasteiger partial charge in [-0.15, -0.1) is 0 Å². The zero-order valence-corrected chi connectivity index (χ0v) is 10.9. The van der Waals surface area contributed by atoms with E-state index in [2.05, 4.69) is 10.1 Å². The number of ether oxygens (including phenoxy) is 1. The first kappa shape index (κ1) is 14.7. The molecule has 0 radical (unpaired) electrons. The van der Waals surface area contributed by atoms with Crippen molar-refractivity contribution in [1.82, 2.24) is 9.13 Å². The lowest BCUT2D eigenvalue weighted by Gasteiger charge is -2.10. The van der Waals surface area contributed by atoms with E-state index in [-0.39, 0.29) is 12.2 Å². The molecule has 1 rings (SSSR count). The number of nitrogens with one attached hydrogen (secondary N) is 1. The van der Waals surface area contributed by atoms with Crippen LogP contribution in [0.25, 0.3) is 0 Å². The van der Waals surface area contributed by atoms with Crippen molar-refractivity contribution >= 4 is 17.7 Å². The van der Waals surface area contributed by atoms with Crippen molar-refractivity contribution in [2.75, 3.05) is 11.9 Å². The van der Waals surface area contributed by atoms with Gasteiger partial charge in [0, 0.05) is 26.6 Å². The van der Waals surface area contributed by atoms with Crippen molar-refractivity contribution in [2.45, 2.75) is 13.3 Å². The predicted molar refractivity (Wildman–Crippen MR) is 66.8 cm³/mol. The fourth-order valence-corrected chi connectivity index (χ4v) is 1.28. The smallest absolute Gasteiger partial charge is 0.332 e. The molecular formula is C11H15N3O5. The van der Waals surface area contributed by atoms with Crippen LogP contribution in [0.2, 0.25) is 0 Å². The molecule has 0 atom stereocenters. The average molecular weight is 269 g/mol. The Bertz CT molecular complexity index is 614. The Morgan fingerprint density at radius 1 is 1.26 bits per heavy atom. The number of nitrogens with zero attached hydrogens (tertiary/aromatic N) is 2. The first-order valence-corrected chi connectivity index (χ1v) is 5.59. The molecule has 19 heavy (non-hydrogen) atoms. The summed E-state index contributed by atoms with van der Waals surface area (Å²) >= 11 is 0. The maximum absolute atomic E-state index is 11.6. The van der Waals surface area contributed by atoms with E-state index in [0.29, 0.717) is 0 Å². The van der Waals surface area contributed by atoms with Crippen LogP contribution >= 0.6 is 0 Å².